The van der Waals surface area contributed by atoms with Crippen LogP contribution in [-0.4, -0.2) is 32.8 Å². The average molecular weight is 461 g/mol. The molecule has 4 aliphatic rings. The van der Waals surface area contributed by atoms with Crippen LogP contribution in [0.1, 0.15) is 72.1 Å². The third-order valence-corrected chi connectivity index (χ3v) is 9.26. The number of fused-ring (bicyclic) bond motifs is 5. The molecule has 0 aromatic rings. The van der Waals surface area contributed by atoms with Crippen LogP contribution in [0, 0.1) is 34.5 Å². The van der Waals surface area contributed by atoms with Crippen molar-refractivity contribution >= 4 is 18.6 Å². The summed E-state index contributed by atoms with van der Waals surface area (Å²) >= 11 is 0. The van der Waals surface area contributed by atoms with E-state index in [9.17, 15) is 14.4 Å². The van der Waals surface area contributed by atoms with Crippen LogP contribution in [0.15, 0.2) is 22.7 Å². The molecule has 182 valence electrons. The highest BCUT2D eigenvalue weighted by Gasteiger charge is 2.60. The number of hydrogen-bond donors (Lipinski definition) is 0. The van der Waals surface area contributed by atoms with Crippen LogP contribution < -0.4 is 0 Å². The van der Waals surface area contributed by atoms with Gasteiger partial charge in [0.15, 0.2) is 11.5 Å². The SMILES string of the molecule is COC(=O)OC1=C2[C@@H]3CC[C@H](C(C)C=O)[C@@]3(C)CC[C@@H]2[C@@]2(C)CCCCC2=C1OC(=O)OC. The van der Waals surface area contributed by atoms with Crippen molar-refractivity contribution in [1.29, 1.82) is 0 Å². The lowest BCUT2D eigenvalue weighted by Crippen LogP contribution is -2.47. The van der Waals surface area contributed by atoms with Gasteiger partial charge in [0, 0.05) is 5.92 Å². The highest BCUT2D eigenvalue weighted by molar-refractivity contribution is 5.67. The van der Waals surface area contributed by atoms with Crippen molar-refractivity contribution in [2.24, 2.45) is 34.5 Å². The van der Waals surface area contributed by atoms with Crippen molar-refractivity contribution in [2.75, 3.05) is 14.2 Å². The predicted molar refractivity (Wildman–Crippen MR) is 120 cm³/mol. The van der Waals surface area contributed by atoms with Crippen molar-refractivity contribution in [3.63, 3.8) is 0 Å². The van der Waals surface area contributed by atoms with Crippen LogP contribution in [-0.2, 0) is 23.7 Å². The minimum absolute atomic E-state index is 0.0344. The quantitative estimate of drug-likeness (QED) is 0.379. The van der Waals surface area contributed by atoms with Gasteiger partial charge in [-0.15, -0.1) is 0 Å². The van der Waals surface area contributed by atoms with Crippen LogP contribution in [0.4, 0.5) is 9.59 Å². The highest BCUT2D eigenvalue weighted by Crippen LogP contribution is 2.67. The van der Waals surface area contributed by atoms with Gasteiger partial charge in [0.25, 0.3) is 0 Å². The van der Waals surface area contributed by atoms with Crippen LogP contribution >= 0.6 is 0 Å². The van der Waals surface area contributed by atoms with E-state index in [0.717, 1.165) is 68.8 Å². The molecule has 3 fully saturated rings. The molecule has 0 radical (unpaired) electrons. The van der Waals surface area contributed by atoms with E-state index in [1.807, 2.05) is 6.92 Å². The zero-order chi connectivity index (χ0) is 24.0. The van der Waals surface area contributed by atoms with Crippen molar-refractivity contribution in [2.45, 2.75) is 72.1 Å². The largest absolute Gasteiger partial charge is 0.513 e. The number of rotatable bonds is 4. The fourth-order valence-corrected chi connectivity index (χ4v) is 7.64. The summed E-state index contributed by atoms with van der Waals surface area (Å²) in [6.45, 7) is 6.55. The van der Waals surface area contributed by atoms with Gasteiger partial charge < -0.3 is 23.7 Å². The summed E-state index contributed by atoms with van der Waals surface area (Å²) in [5, 5.41) is 0. The highest BCUT2D eigenvalue weighted by atomic mass is 16.7. The Morgan fingerprint density at radius 1 is 0.939 bits per heavy atom. The van der Waals surface area contributed by atoms with Gasteiger partial charge in [-0.3, -0.25) is 0 Å². The molecule has 6 atom stereocenters. The second kappa shape index (κ2) is 8.80. The fraction of sp³-hybridized carbons (Fsp3) is 0.731. The third kappa shape index (κ3) is 3.68. The molecule has 1 unspecified atom stereocenters. The van der Waals surface area contributed by atoms with Crippen molar-refractivity contribution < 1.29 is 33.3 Å². The Labute approximate surface area is 195 Å². The predicted octanol–water partition coefficient (Wildman–Crippen LogP) is 5.93. The van der Waals surface area contributed by atoms with Crippen LogP contribution in [0.3, 0.4) is 0 Å². The van der Waals surface area contributed by atoms with Gasteiger partial charge in [0.2, 0.25) is 0 Å². The Hall–Kier alpha value is -2.31. The zero-order valence-corrected chi connectivity index (χ0v) is 20.4. The van der Waals surface area contributed by atoms with Crippen LogP contribution in [0.25, 0.3) is 0 Å². The Morgan fingerprint density at radius 3 is 2.24 bits per heavy atom. The lowest BCUT2D eigenvalue weighted by Gasteiger charge is -2.55. The summed E-state index contributed by atoms with van der Waals surface area (Å²) < 4.78 is 21.2. The molecule has 0 aromatic heterocycles. The number of allylic oxidation sites excluding steroid dienone is 2. The Balaban J connectivity index is 1.92. The molecule has 4 rings (SSSR count). The summed E-state index contributed by atoms with van der Waals surface area (Å²) in [5.41, 5.74) is 1.83. The summed E-state index contributed by atoms with van der Waals surface area (Å²) in [4.78, 5) is 36.4. The Kier molecular flexibility index (Phi) is 6.36. The fourth-order valence-electron chi connectivity index (χ4n) is 7.64. The Morgan fingerprint density at radius 2 is 1.61 bits per heavy atom. The first kappa shape index (κ1) is 23.8. The molecule has 0 saturated heterocycles. The third-order valence-electron chi connectivity index (χ3n) is 9.26. The van der Waals surface area contributed by atoms with E-state index in [2.05, 4.69) is 13.8 Å². The molecular weight excluding hydrogens is 424 g/mol. The molecule has 4 aliphatic carbocycles. The van der Waals surface area contributed by atoms with E-state index in [0.29, 0.717) is 11.5 Å². The van der Waals surface area contributed by atoms with Gasteiger partial charge in [0.1, 0.15) is 6.29 Å². The molecule has 0 N–H and O–H groups in total. The van der Waals surface area contributed by atoms with Gasteiger partial charge >= 0.3 is 12.3 Å². The molecular formula is C26H36O7. The Bertz CT molecular complexity index is 902. The number of carbonyl (C=O) groups excluding carboxylic acids is 3. The van der Waals surface area contributed by atoms with Gasteiger partial charge in [-0.05, 0) is 84.7 Å². The van der Waals surface area contributed by atoms with E-state index < -0.39 is 12.3 Å². The normalized spacial score (nSPS) is 36.2. The molecule has 0 aliphatic heterocycles. The molecule has 0 amide bonds. The zero-order valence-electron chi connectivity index (χ0n) is 20.4. The number of carbonyl (C=O) groups is 3. The van der Waals surface area contributed by atoms with E-state index in [1.54, 1.807) is 0 Å². The number of hydrogen-bond acceptors (Lipinski definition) is 7. The lowest BCUT2D eigenvalue weighted by atomic mass is 9.49. The molecule has 3 saturated carbocycles. The molecule has 33 heavy (non-hydrogen) atoms. The van der Waals surface area contributed by atoms with Crippen LogP contribution in [0.5, 0.6) is 0 Å². The minimum atomic E-state index is -0.828. The second-order valence-corrected chi connectivity index (χ2v) is 10.7. The topological polar surface area (TPSA) is 88.1 Å². The van der Waals surface area contributed by atoms with Gasteiger partial charge in [-0.25, -0.2) is 9.59 Å². The summed E-state index contributed by atoms with van der Waals surface area (Å²) in [7, 11) is 2.54. The lowest BCUT2D eigenvalue weighted by molar-refractivity contribution is -0.113. The minimum Gasteiger partial charge on any atom is -0.437 e. The monoisotopic (exact) mass is 460 g/mol. The second-order valence-electron chi connectivity index (χ2n) is 10.7. The molecule has 0 bridgehead atoms. The molecule has 0 aromatic carbocycles. The van der Waals surface area contributed by atoms with E-state index >= 15 is 0 Å². The maximum atomic E-state index is 12.4. The van der Waals surface area contributed by atoms with Crippen molar-refractivity contribution in [3.8, 4) is 0 Å². The summed E-state index contributed by atoms with van der Waals surface area (Å²) in [6, 6.07) is 0. The molecule has 0 heterocycles. The van der Waals surface area contributed by atoms with E-state index in [4.69, 9.17) is 18.9 Å². The van der Waals surface area contributed by atoms with Gasteiger partial charge in [-0.2, -0.15) is 0 Å². The first-order valence-corrected chi connectivity index (χ1v) is 12.2. The molecule has 0 spiro atoms. The van der Waals surface area contributed by atoms with Crippen molar-refractivity contribution in [3.05, 3.63) is 22.7 Å². The first-order chi connectivity index (χ1) is 15.7. The number of methoxy groups -OCH3 is 2. The van der Waals surface area contributed by atoms with Gasteiger partial charge in [0.05, 0.1) is 14.2 Å². The summed E-state index contributed by atoms with van der Waals surface area (Å²) in [5.74, 6) is 1.23. The standard InChI is InChI=1S/C26H36O7/c1-15(14-27)16-9-10-17-20-18(11-13-26(16,17)3)25(2)12-7-6-8-19(25)21(32-23(28)30-4)22(20)33-24(29)31-5/h14-18H,6-13H2,1-5H3/t15?,16-,17+,18+,25-,26-/m1/s1. The maximum Gasteiger partial charge on any atom is 0.513 e. The van der Waals surface area contributed by atoms with Gasteiger partial charge in [-0.1, -0.05) is 27.2 Å². The first-order valence-electron chi connectivity index (χ1n) is 12.2. The smallest absolute Gasteiger partial charge is 0.437 e. The van der Waals surface area contributed by atoms with Crippen molar-refractivity contribution in [1.82, 2.24) is 0 Å². The molecule has 7 nitrogen and oxygen atoms in total. The number of ether oxygens (including phenoxy) is 4. The summed E-state index contributed by atoms with van der Waals surface area (Å²) in [6.07, 6.45) is 7.12. The van der Waals surface area contributed by atoms with E-state index in [-0.39, 0.29) is 34.5 Å². The maximum absolute atomic E-state index is 12.4. The number of aldehydes is 1. The molecule has 7 heteroatoms. The van der Waals surface area contributed by atoms with E-state index in [1.165, 1.54) is 14.2 Å². The average Bonchev–Trinajstić information content (AvgIpc) is 3.17. The van der Waals surface area contributed by atoms with Crippen LogP contribution in [0.2, 0.25) is 0 Å².